The predicted molar refractivity (Wildman–Crippen MR) is 89.0 cm³/mol. The van der Waals surface area contributed by atoms with Crippen molar-refractivity contribution in [1.82, 2.24) is 10.2 Å². The Labute approximate surface area is 137 Å². The summed E-state index contributed by atoms with van der Waals surface area (Å²) in [7, 11) is 0. The van der Waals surface area contributed by atoms with E-state index in [1.807, 2.05) is 32.5 Å². The fourth-order valence-corrected chi connectivity index (χ4v) is 3.95. The number of rotatable bonds is 2. The molecule has 6 heteroatoms. The second kappa shape index (κ2) is 7.57. The Bertz CT molecular complexity index is 403. The number of carbonyl (C=O) groups is 2. The van der Waals surface area contributed by atoms with Gasteiger partial charge in [0.05, 0.1) is 5.92 Å². The minimum Gasteiger partial charge on any atom is -0.444 e. The molecule has 2 aliphatic heterocycles. The van der Waals surface area contributed by atoms with Gasteiger partial charge in [-0.25, -0.2) is 4.79 Å². The standard InChI is InChI=1S/C16H28N2O3S/c1-16(2,3)21-15(20)18-8-4-5-12(11-18)14(19)17-13-6-9-22-10-7-13/h12-13H,4-11H2,1-3H3,(H,17,19)/t12-/m1/s1. The van der Waals surface area contributed by atoms with E-state index in [2.05, 4.69) is 5.32 Å². The highest BCUT2D eigenvalue weighted by atomic mass is 32.2. The maximum atomic E-state index is 12.4. The van der Waals surface area contributed by atoms with Crippen molar-refractivity contribution >= 4 is 23.8 Å². The molecule has 0 aromatic carbocycles. The van der Waals surface area contributed by atoms with Crippen LogP contribution in [0.4, 0.5) is 4.79 Å². The molecule has 0 bridgehead atoms. The molecule has 2 saturated heterocycles. The highest BCUT2D eigenvalue weighted by molar-refractivity contribution is 7.99. The first-order chi connectivity index (χ1) is 10.3. The number of hydrogen-bond acceptors (Lipinski definition) is 4. The van der Waals surface area contributed by atoms with Crippen molar-refractivity contribution < 1.29 is 14.3 Å². The topological polar surface area (TPSA) is 58.6 Å². The second-order valence-electron chi connectivity index (χ2n) is 7.16. The van der Waals surface area contributed by atoms with Crippen molar-refractivity contribution in [1.29, 1.82) is 0 Å². The number of piperidine rings is 1. The summed E-state index contributed by atoms with van der Waals surface area (Å²) in [6.07, 6.45) is 3.52. The average Bonchev–Trinajstić information content (AvgIpc) is 2.46. The molecule has 126 valence electrons. The molecule has 0 aromatic heterocycles. The molecule has 2 rings (SSSR count). The lowest BCUT2D eigenvalue weighted by atomic mass is 9.96. The maximum Gasteiger partial charge on any atom is 0.410 e. The molecule has 0 aliphatic carbocycles. The van der Waals surface area contributed by atoms with E-state index in [1.54, 1.807) is 4.90 Å². The van der Waals surface area contributed by atoms with Gasteiger partial charge in [-0.05, 0) is 58.0 Å². The van der Waals surface area contributed by atoms with Crippen LogP contribution in [0, 0.1) is 5.92 Å². The molecule has 1 atom stereocenters. The number of nitrogens with one attached hydrogen (secondary N) is 1. The first-order valence-corrected chi connectivity index (χ1v) is 9.36. The monoisotopic (exact) mass is 328 g/mol. The van der Waals surface area contributed by atoms with Crippen LogP contribution in [-0.4, -0.2) is 53.1 Å². The summed E-state index contributed by atoms with van der Waals surface area (Å²) in [6.45, 7) is 6.74. The van der Waals surface area contributed by atoms with Crippen LogP contribution >= 0.6 is 11.8 Å². The maximum absolute atomic E-state index is 12.4. The Morgan fingerprint density at radius 2 is 1.86 bits per heavy atom. The van der Waals surface area contributed by atoms with E-state index in [4.69, 9.17) is 4.74 Å². The summed E-state index contributed by atoms with van der Waals surface area (Å²) >= 11 is 1.95. The molecule has 0 aromatic rings. The summed E-state index contributed by atoms with van der Waals surface area (Å²) in [5.74, 6) is 2.25. The number of likely N-dealkylation sites (tertiary alicyclic amines) is 1. The zero-order valence-electron chi connectivity index (χ0n) is 13.9. The normalized spacial score (nSPS) is 24.0. The van der Waals surface area contributed by atoms with Crippen LogP contribution in [0.5, 0.6) is 0 Å². The molecule has 0 spiro atoms. The van der Waals surface area contributed by atoms with E-state index in [1.165, 1.54) is 0 Å². The number of hydrogen-bond donors (Lipinski definition) is 1. The predicted octanol–water partition coefficient (Wildman–Crippen LogP) is 2.65. The summed E-state index contributed by atoms with van der Waals surface area (Å²) in [6, 6.07) is 0.311. The van der Waals surface area contributed by atoms with Gasteiger partial charge in [-0.1, -0.05) is 0 Å². The number of amides is 2. The third-order valence-electron chi connectivity index (χ3n) is 4.01. The van der Waals surface area contributed by atoms with E-state index in [9.17, 15) is 9.59 Å². The number of nitrogens with zero attached hydrogens (tertiary/aromatic N) is 1. The van der Waals surface area contributed by atoms with Crippen molar-refractivity contribution in [2.75, 3.05) is 24.6 Å². The van der Waals surface area contributed by atoms with Gasteiger partial charge in [0.2, 0.25) is 5.91 Å². The van der Waals surface area contributed by atoms with E-state index in [-0.39, 0.29) is 17.9 Å². The van der Waals surface area contributed by atoms with E-state index < -0.39 is 5.60 Å². The molecular formula is C16H28N2O3S. The van der Waals surface area contributed by atoms with Crippen molar-refractivity contribution in [3.8, 4) is 0 Å². The Hall–Kier alpha value is -0.910. The lowest BCUT2D eigenvalue weighted by molar-refractivity contribution is -0.127. The largest absolute Gasteiger partial charge is 0.444 e. The zero-order valence-corrected chi connectivity index (χ0v) is 14.7. The molecule has 0 radical (unpaired) electrons. The molecular weight excluding hydrogens is 300 g/mol. The van der Waals surface area contributed by atoms with E-state index in [0.717, 1.165) is 37.2 Å². The summed E-state index contributed by atoms with van der Waals surface area (Å²) < 4.78 is 5.41. The van der Waals surface area contributed by atoms with Crippen LogP contribution in [-0.2, 0) is 9.53 Å². The number of thioether (sulfide) groups is 1. The minimum atomic E-state index is -0.494. The molecule has 2 fully saturated rings. The van der Waals surface area contributed by atoms with E-state index >= 15 is 0 Å². The molecule has 22 heavy (non-hydrogen) atoms. The van der Waals surface area contributed by atoms with Crippen LogP contribution in [0.1, 0.15) is 46.5 Å². The van der Waals surface area contributed by atoms with Gasteiger partial charge in [-0.2, -0.15) is 11.8 Å². The fraction of sp³-hybridized carbons (Fsp3) is 0.875. The smallest absolute Gasteiger partial charge is 0.410 e. The van der Waals surface area contributed by atoms with Crippen molar-refractivity contribution in [3.05, 3.63) is 0 Å². The van der Waals surface area contributed by atoms with Gasteiger partial charge in [0.25, 0.3) is 0 Å². The Balaban J connectivity index is 1.84. The van der Waals surface area contributed by atoms with Crippen LogP contribution in [0.2, 0.25) is 0 Å². The SMILES string of the molecule is CC(C)(C)OC(=O)N1CCC[C@@H](C(=O)NC2CCSCC2)C1. The van der Waals surface area contributed by atoms with Gasteiger partial charge < -0.3 is 15.0 Å². The molecule has 0 unspecified atom stereocenters. The first-order valence-electron chi connectivity index (χ1n) is 8.21. The molecule has 5 nitrogen and oxygen atoms in total. The summed E-state index contributed by atoms with van der Waals surface area (Å²) in [5, 5.41) is 3.17. The van der Waals surface area contributed by atoms with Crippen LogP contribution in [0.15, 0.2) is 0 Å². The van der Waals surface area contributed by atoms with Crippen molar-refractivity contribution in [3.63, 3.8) is 0 Å². The molecule has 1 N–H and O–H groups in total. The van der Waals surface area contributed by atoms with Gasteiger partial charge >= 0.3 is 6.09 Å². The third kappa shape index (κ3) is 5.38. The zero-order chi connectivity index (χ0) is 16.2. The lowest BCUT2D eigenvalue weighted by Crippen LogP contribution is -2.49. The molecule has 2 amide bonds. The van der Waals surface area contributed by atoms with Gasteiger partial charge in [0.1, 0.15) is 5.60 Å². The van der Waals surface area contributed by atoms with Gasteiger partial charge in [-0.15, -0.1) is 0 Å². The summed E-state index contributed by atoms with van der Waals surface area (Å²) in [4.78, 5) is 26.2. The van der Waals surface area contributed by atoms with Crippen LogP contribution < -0.4 is 5.32 Å². The first kappa shape index (κ1) is 17.4. The van der Waals surface area contributed by atoms with Crippen LogP contribution in [0.25, 0.3) is 0 Å². The van der Waals surface area contributed by atoms with Crippen molar-refractivity contribution in [2.24, 2.45) is 5.92 Å². The van der Waals surface area contributed by atoms with Crippen LogP contribution in [0.3, 0.4) is 0 Å². The van der Waals surface area contributed by atoms with Gasteiger partial charge in [-0.3, -0.25) is 4.79 Å². The fourth-order valence-electron chi connectivity index (χ4n) is 2.84. The minimum absolute atomic E-state index is 0.101. The van der Waals surface area contributed by atoms with E-state index in [0.29, 0.717) is 19.1 Å². The number of carbonyl (C=O) groups excluding carboxylic acids is 2. The highest BCUT2D eigenvalue weighted by Crippen LogP contribution is 2.21. The van der Waals surface area contributed by atoms with Crippen molar-refractivity contribution in [2.45, 2.75) is 58.1 Å². The Morgan fingerprint density at radius 1 is 1.18 bits per heavy atom. The van der Waals surface area contributed by atoms with Gasteiger partial charge in [0.15, 0.2) is 0 Å². The average molecular weight is 328 g/mol. The lowest BCUT2D eigenvalue weighted by Gasteiger charge is -2.34. The number of ether oxygens (including phenoxy) is 1. The molecule has 2 heterocycles. The Morgan fingerprint density at radius 3 is 2.50 bits per heavy atom. The van der Waals surface area contributed by atoms with Gasteiger partial charge in [0, 0.05) is 19.1 Å². The quantitative estimate of drug-likeness (QED) is 0.846. The third-order valence-corrected chi connectivity index (χ3v) is 5.06. The highest BCUT2D eigenvalue weighted by Gasteiger charge is 2.31. The second-order valence-corrected chi connectivity index (χ2v) is 8.39. The Kier molecular flexibility index (Phi) is 6.01. The molecule has 0 saturated carbocycles. The summed E-state index contributed by atoms with van der Waals surface area (Å²) in [5.41, 5.74) is -0.494. The molecule has 2 aliphatic rings.